The molecule has 0 radical (unpaired) electrons. The third-order valence-corrected chi connectivity index (χ3v) is 3.77. The topological polar surface area (TPSA) is 46.2 Å². The Labute approximate surface area is 108 Å². The van der Waals surface area contributed by atoms with Gasteiger partial charge in [-0.2, -0.15) is 0 Å². The van der Waals surface area contributed by atoms with Crippen LogP contribution in [0.2, 0.25) is 0 Å². The number of rotatable bonds is 1. The fourth-order valence-electron chi connectivity index (χ4n) is 3.17. The second-order valence-corrected chi connectivity index (χ2v) is 6.16. The molecule has 0 amide bonds. The molecule has 0 spiro atoms. The van der Waals surface area contributed by atoms with Crippen LogP contribution in [0.1, 0.15) is 41.0 Å². The van der Waals surface area contributed by atoms with Gasteiger partial charge in [-0.25, -0.2) is 0 Å². The van der Waals surface area contributed by atoms with Gasteiger partial charge in [-0.05, 0) is 27.7 Å². The average molecular weight is 258 g/mol. The van der Waals surface area contributed by atoms with Gasteiger partial charge < -0.3 is 23.7 Å². The molecule has 3 heterocycles. The van der Waals surface area contributed by atoms with Gasteiger partial charge in [0, 0.05) is 6.42 Å². The summed E-state index contributed by atoms with van der Waals surface area (Å²) in [6, 6.07) is 0. The molecule has 0 aromatic rings. The molecule has 3 rings (SSSR count). The van der Waals surface area contributed by atoms with E-state index in [1.165, 1.54) is 0 Å². The SMILES string of the molecule is CC[C@@]12OC[C@H]3OC(C)(C)O[C@H]3[C@@H]1OC(C)(C)O2. The van der Waals surface area contributed by atoms with Crippen LogP contribution in [-0.2, 0) is 23.7 Å². The predicted molar refractivity (Wildman–Crippen MR) is 62.8 cm³/mol. The molecule has 5 heteroatoms. The van der Waals surface area contributed by atoms with Gasteiger partial charge in [0.15, 0.2) is 17.4 Å². The van der Waals surface area contributed by atoms with E-state index in [9.17, 15) is 0 Å². The van der Waals surface area contributed by atoms with E-state index in [1.54, 1.807) is 0 Å². The molecule has 0 saturated carbocycles. The van der Waals surface area contributed by atoms with Crippen LogP contribution in [0.3, 0.4) is 0 Å². The van der Waals surface area contributed by atoms with Gasteiger partial charge >= 0.3 is 0 Å². The maximum atomic E-state index is 6.00. The number of fused-ring (bicyclic) bond motifs is 3. The van der Waals surface area contributed by atoms with E-state index in [2.05, 4.69) is 0 Å². The van der Waals surface area contributed by atoms with Gasteiger partial charge in [-0.1, -0.05) is 6.92 Å². The summed E-state index contributed by atoms with van der Waals surface area (Å²) in [5, 5.41) is 0. The second-order valence-electron chi connectivity index (χ2n) is 6.16. The van der Waals surface area contributed by atoms with Gasteiger partial charge in [-0.3, -0.25) is 0 Å². The smallest absolute Gasteiger partial charge is 0.200 e. The molecule has 0 N–H and O–H groups in total. The Kier molecular flexibility index (Phi) is 2.61. The van der Waals surface area contributed by atoms with Gasteiger partial charge in [-0.15, -0.1) is 0 Å². The lowest BCUT2D eigenvalue weighted by Crippen LogP contribution is -2.58. The number of hydrogen-bond donors (Lipinski definition) is 0. The van der Waals surface area contributed by atoms with Crippen molar-refractivity contribution in [1.82, 2.24) is 0 Å². The molecular formula is C13H22O5. The molecule has 0 bridgehead atoms. The fraction of sp³-hybridized carbons (Fsp3) is 1.00. The second kappa shape index (κ2) is 3.67. The third-order valence-electron chi connectivity index (χ3n) is 3.77. The zero-order valence-corrected chi connectivity index (χ0v) is 11.7. The van der Waals surface area contributed by atoms with Crippen molar-refractivity contribution in [3.8, 4) is 0 Å². The first-order valence-corrected chi connectivity index (χ1v) is 6.64. The van der Waals surface area contributed by atoms with E-state index in [4.69, 9.17) is 23.7 Å². The minimum Gasteiger partial charge on any atom is -0.344 e. The van der Waals surface area contributed by atoms with Crippen LogP contribution >= 0.6 is 0 Å². The van der Waals surface area contributed by atoms with Crippen molar-refractivity contribution in [2.45, 2.75) is 76.7 Å². The summed E-state index contributed by atoms with van der Waals surface area (Å²) in [4.78, 5) is 0. The van der Waals surface area contributed by atoms with Crippen LogP contribution in [0.4, 0.5) is 0 Å². The highest BCUT2D eigenvalue weighted by Gasteiger charge is 2.64. The molecule has 3 aliphatic rings. The van der Waals surface area contributed by atoms with Gasteiger partial charge in [0.05, 0.1) is 6.61 Å². The molecule has 0 unspecified atom stereocenters. The summed E-state index contributed by atoms with van der Waals surface area (Å²) < 4.78 is 29.7. The molecule has 0 aromatic heterocycles. The minimum atomic E-state index is -0.700. The lowest BCUT2D eigenvalue weighted by Gasteiger charge is -2.40. The zero-order valence-electron chi connectivity index (χ0n) is 11.7. The lowest BCUT2D eigenvalue weighted by atomic mass is 9.95. The van der Waals surface area contributed by atoms with Crippen LogP contribution < -0.4 is 0 Å². The molecular weight excluding hydrogens is 236 g/mol. The Morgan fingerprint density at radius 3 is 2.39 bits per heavy atom. The van der Waals surface area contributed by atoms with Crippen molar-refractivity contribution >= 4 is 0 Å². The monoisotopic (exact) mass is 258 g/mol. The highest BCUT2D eigenvalue weighted by atomic mass is 16.9. The standard InChI is InChI=1S/C13H22O5/c1-6-13-10(17-12(4,5)18-13)9-8(7-14-13)15-11(2,3)16-9/h8-10H,6-7H2,1-5H3/t8-,9-,10+,13+/m1/s1. The summed E-state index contributed by atoms with van der Waals surface area (Å²) in [5.41, 5.74) is 0. The van der Waals surface area contributed by atoms with E-state index >= 15 is 0 Å². The third kappa shape index (κ3) is 1.80. The molecule has 104 valence electrons. The van der Waals surface area contributed by atoms with Crippen molar-refractivity contribution in [2.24, 2.45) is 0 Å². The molecule has 5 nitrogen and oxygen atoms in total. The summed E-state index contributed by atoms with van der Waals surface area (Å²) in [6.45, 7) is 10.2. The molecule has 4 atom stereocenters. The Bertz CT molecular complexity index is 353. The Hall–Kier alpha value is -0.200. The van der Waals surface area contributed by atoms with Crippen molar-refractivity contribution < 1.29 is 23.7 Å². The molecule has 0 aliphatic carbocycles. The first kappa shape index (κ1) is 12.8. The van der Waals surface area contributed by atoms with Crippen molar-refractivity contribution in [3.05, 3.63) is 0 Å². The van der Waals surface area contributed by atoms with Gasteiger partial charge in [0.1, 0.15) is 18.3 Å². The van der Waals surface area contributed by atoms with E-state index in [1.807, 2.05) is 34.6 Å². The van der Waals surface area contributed by atoms with E-state index in [0.717, 1.165) is 6.42 Å². The van der Waals surface area contributed by atoms with Crippen molar-refractivity contribution in [2.75, 3.05) is 6.61 Å². The summed E-state index contributed by atoms with van der Waals surface area (Å²) in [7, 11) is 0. The maximum absolute atomic E-state index is 6.00. The lowest BCUT2D eigenvalue weighted by molar-refractivity contribution is -0.282. The van der Waals surface area contributed by atoms with E-state index in [0.29, 0.717) is 6.61 Å². The summed E-state index contributed by atoms with van der Waals surface area (Å²) >= 11 is 0. The number of ether oxygens (including phenoxy) is 5. The normalized spacial score (nSPS) is 48.8. The maximum Gasteiger partial charge on any atom is 0.200 e. The molecule has 18 heavy (non-hydrogen) atoms. The van der Waals surface area contributed by atoms with Crippen LogP contribution in [0.5, 0.6) is 0 Å². The van der Waals surface area contributed by atoms with E-state index < -0.39 is 17.4 Å². The molecule has 0 aromatic carbocycles. The predicted octanol–water partition coefficient (Wildman–Crippen LogP) is 1.79. The Morgan fingerprint density at radius 1 is 1.00 bits per heavy atom. The highest BCUT2D eigenvalue weighted by Crippen LogP contribution is 2.48. The van der Waals surface area contributed by atoms with Crippen molar-refractivity contribution in [1.29, 1.82) is 0 Å². The van der Waals surface area contributed by atoms with Gasteiger partial charge in [0.2, 0.25) is 0 Å². The summed E-state index contributed by atoms with van der Waals surface area (Å²) in [6.07, 6.45) is 0.282. The van der Waals surface area contributed by atoms with E-state index in [-0.39, 0.29) is 18.3 Å². The zero-order chi connectivity index (χ0) is 13.2. The first-order chi connectivity index (χ1) is 8.27. The molecule has 3 aliphatic heterocycles. The van der Waals surface area contributed by atoms with Crippen LogP contribution in [0.15, 0.2) is 0 Å². The fourth-order valence-corrected chi connectivity index (χ4v) is 3.17. The molecule has 3 saturated heterocycles. The van der Waals surface area contributed by atoms with Crippen LogP contribution in [0, 0.1) is 0 Å². The minimum absolute atomic E-state index is 0.0813. The highest BCUT2D eigenvalue weighted by molar-refractivity contribution is 5.02. The largest absolute Gasteiger partial charge is 0.344 e. The van der Waals surface area contributed by atoms with Crippen LogP contribution in [0.25, 0.3) is 0 Å². The number of hydrogen-bond acceptors (Lipinski definition) is 5. The summed E-state index contributed by atoms with van der Waals surface area (Å²) in [5.74, 6) is -1.93. The quantitative estimate of drug-likeness (QED) is 0.717. The van der Waals surface area contributed by atoms with Crippen LogP contribution in [-0.4, -0.2) is 42.3 Å². The van der Waals surface area contributed by atoms with Gasteiger partial charge in [0.25, 0.3) is 0 Å². The average Bonchev–Trinajstić information content (AvgIpc) is 2.70. The Balaban J connectivity index is 1.90. The molecule has 3 fully saturated rings. The Morgan fingerprint density at radius 2 is 1.72 bits per heavy atom. The first-order valence-electron chi connectivity index (χ1n) is 6.64. The van der Waals surface area contributed by atoms with Crippen molar-refractivity contribution in [3.63, 3.8) is 0 Å².